The lowest BCUT2D eigenvalue weighted by atomic mass is 10.3. The first kappa shape index (κ1) is 28.8. The smallest absolute Gasteiger partial charge is 0.475 e. The third-order valence-electron chi connectivity index (χ3n) is 5.50. The molecule has 2 aliphatic heterocycles. The Morgan fingerprint density at radius 1 is 0.914 bits per heavy atom. The van der Waals surface area contributed by atoms with Crippen LogP contribution in [0.4, 0.5) is 26.3 Å². The summed E-state index contributed by atoms with van der Waals surface area (Å²) in [7, 11) is 0. The first-order valence-corrected chi connectivity index (χ1v) is 10.9. The molecule has 4 rings (SSSR count). The van der Waals surface area contributed by atoms with E-state index in [9.17, 15) is 26.3 Å². The van der Waals surface area contributed by atoms with Crippen molar-refractivity contribution >= 4 is 11.9 Å². The lowest BCUT2D eigenvalue weighted by Crippen LogP contribution is -2.36. The van der Waals surface area contributed by atoms with Crippen LogP contribution in [0.25, 0.3) is 0 Å². The molecule has 1 aromatic heterocycles. The third kappa shape index (κ3) is 10.4. The van der Waals surface area contributed by atoms with Gasteiger partial charge in [-0.25, -0.2) is 14.6 Å². The Balaban J connectivity index is 0.000000257. The summed E-state index contributed by atoms with van der Waals surface area (Å²) in [6.07, 6.45) is -4.07. The number of carbonyl (C=O) groups is 2. The standard InChI is InChI=1S/C16H26N4O.2C2HF3O2/c1-2-14(1)12-18-4-3-16-17-11-15(20(16)6-5-18)13-19-7-9-21-10-8-19;2*3-2(4,5)1(6)7/h11,14H,1-10,12-13H2;2*(H,6,7). The molecule has 200 valence electrons. The molecule has 3 heterocycles. The van der Waals surface area contributed by atoms with Gasteiger partial charge in [0.1, 0.15) is 5.82 Å². The average molecular weight is 518 g/mol. The van der Waals surface area contributed by atoms with E-state index in [0.717, 1.165) is 51.7 Å². The van der Waals surface area contributed by atoms with E-state index in [-0.39, 0.29) is 0 Å². The van der Waals surface area contributed by atoms with Crippen molar-refractivity contribution in [3.05, 3.63) is 17.7 Å². The molecule has 3 aliphatic rings. The normalized spacial score (nSPS) is 19.4. The second kappa shape index (κ2) is 12.5. The molecule has 1 aliphatic carbocycles. The topological polar surface area (TPSA) is 108 Å². The molecule has 0 aromatic carbocycles. The van der Waals surface area contributed by atoms with Gasteiger partial charge >= 0.3 is 24.3 Å². The number of nitrogens with zero attached hydrogens (tertiary/aromatic N) is 4. The second-order valence-electron chi connectivity index (χ2n) is 8.31. The maximum atomic E-state index is 10.6. The average Bonchev–Trinajstić information content (AvgIpc) is 3.54. The Morgan fingerprint density at radius 2 is 1.46 bits per heavy atom. The van der Waals surface area contributed by atoms with Crippen molar-refractivity contribution in [1.29, 1.82) is 0 Å². The quantitative estimate of drug-likeness (QED) is 0.585. The van der Waals surface area contributed by atoms with E-state index in [0.29, 0.717) is 0 Å². The zero-order chi connectivity index (χ0) is 26.2. The Kier molecular flexibility index (Phi) is 10.3. The number of alkyl halides is 6. The van der Waals surface area contributed by atoms with Crippen molar-refractivity contribution in [2.45, 2.75) is 44.7 Å². The summed E-state index contributed by atoms with van der Waals surface area (Å²) in [4.78, 5) is 27.6. The number of fused-ring (bicyclic) bond motifs is 1. The molecule has 1 saturated carbocycles. The van der Waals surface area contributed by atoms with E-state index < -0.39 is 24.3 Å². The van der Waals surface area contributed by atoms with Crippen LogP contribution in [0.15, 0.2) is 6.20 Å². The Morgan fingerprint density at radius 3 is 1.94 bits per heavy atom. The number of halogens is 6. The van der Waals surface area contributed by atoms with Crippen molar-refractivity contribution in [2.75, 3.05) is 45.9 Å². The number of imidazole rings is 1. The number of ether oxygens (including phenoxy) is 1. The molecule has 9 nitrogen and oxygen atoms in total. The molecule has 0 spiro atoms. The molecule has 1 aromatic rings. The van der Waals surface area contributed by atoms with Crippen molar-refractivity contribution in [3.8, 4) is 0 Å². The number of hydrogen-bond acceptors (Lipinski definition) is 6. The zero-order valence-electron chi connectivity index (χ0n) is 18.8. The van der Waals surface area contributed by atoms with Crippen LogP contribution >= 0.6 is 0 Å². The Bertz CT molecular complexity index is 811. The van der Waals surface area contributed by atoms with Crippen LogP contribution in [0, 0.1) is 5.92 Å². The van der Waals surface area contributed by atoms with Gasteiger partial charge in [0, 0.05) is 58.4 Å². The molecular formula is C20H28F6N4O5. The lowest BCUT2D eigenvalue weighted by Gasteiger charge is -2.27. The van der Waals surface area contributed by atoms with Crippen LogP contribution in [0.3, 0.4) is 0 Å². The van der Waals surface area contributed by atoms with Crippen LogP contribution in [0.1, 0.15) is 24.4 Å². The summed E-state index contributed by atoms with van der Waals surface area (Å²) in [5, 5.41) is 14.2. The second-order valence-corrected chi connectivity index (χ2v) is 8.31. The predicted octanol–water partition coefficient (Wildman–Crippen LogP) is 2.25. The molecular weight excluding hydrogens is 490 g/mol. The van der Waals surface area contributed by atoms with Crippen LogP contribution < -0.4 is 0 Å². The number of hydrogen-bond donors (Lipinski definition) is 2. The van der Waals surface area contributed by atoms with E-state index in [4.69, 9.17) is 24.5 Å². The summed E-state index contributed by atoms with van der Waals surface area (Å²) < 4.78 is 71.4. The fourth-order valence-corrected chi connectivity index (χ4v) is 3.50. The summed E-state index contributed by atoms with van der Waals surface area (Å²) in [5.74, 6) is -3.24. The fraction of sp³-hybridized carbons (Fsp3) is 0.750. The molecule has 2 fully saturated rings. The molecule has 0 bridgehead atoms. The highest BCUT2D eigenvalue weighted by Crippen LogP contribution is 2.30. The fourth-order valence-electron chi connectivity index (χ4n) is 3.50. The molecule has 1 saturated heterocycles. The van der Waals surface area contributed by atoms with Crippen molar-refractivity contribution in [2.24, 2.45) is 5.92 Å². The van der Waals surface area contributed by atoms with Crippen LogP contribution in [-0.4, -0.2) is 99.8 Å². The summed E-state index contributed by atoms with van der Waals surface area (Å²) >= 11 is 0. The van der Waals surface area contributed by atoms with E-state index >= 15 is 0 Å². The maximum absolute atomic E-state index is 10.6. The lowest BCUT2D eigenvalue weighted by molar-refractivity contribution is -0.193. The Hall–Kier alpha value is -2.39. The van der Waals surface area contributed by atoms with Gasteiger partial charge in [0.15, 0.2) is 0 Å². The molecule has 0 atom stereocenters. The first-order valence-electron chi connectivity index (χ1n) is 10.9. The molecule has 0 amide bonds. The highest BCUT2D eigenvalue weighted by molar-refractivity contribution is 5.73. The summed E-state index contributed by atoms with van der Waals surface area (Å²) in [6, 6.07) is 0. The largest absolute Gasteiger partial charge is 0.490 e. The van der Waals surface area contributed by atoms with E-state index in [1.807, 2.05) is 0 Å². The van der Waals surface area contributed by atoms with Gasteiger partial charge < -0.3 is 24.4 Å². The molecule has 35 heavy (non-hydrogen) atoms. The van der Waals surface area contributed by atoms with E-state index in [1.165, 1.54) is 44.0 Å². The SMILES string of the molecule is O=C(O)C(F)(F)F.O=C(O)C(F)(F)F.c1nc2n(c1CN1CCOCC1)CCN(CC1CC1)CC2. The van der Waals surface area contributed by atoms with Gasteiger partial charge in [-0.15, -0.1) is 0 Å². The van der Waals surface area contributed by atoms with E-state index in [1.54, 1.807) is 0 Å². The molecule has 2 N–H and O–H groups in total. The van der Waals surface area contributed by atoms with E-state index in [2.05, 4.69) is 25.5 Å². The minimum atomic E-state index is -5.08. The number of morpholine rings is 1. The summed E-state index contributed by atoms with van der Waals surface area (Å²) in [6.45, 7) is 9.67. The minimum absolute atomic E-state index is 0.871. The number of aliphatic carboxylic acids is 2. The zero-order valence-corrected chi connectivity index (χ0v) is 18.8. The predicted molar refractivity (Wildman–Crippen MR) is 109 cm³/mol. The van der Waals surface area contributed by atoms with Crippen LogP contribution in [0.2, 0.25) is 0 Å². The van der Waals surface area contributed by atoms with Gasteiger partial charge in [0.2, 0.25) is 0 Å². The molecule has 0 radical (unpaired) electrons. The van der Waals surface area contributed by atoms with Gasteiger partial charge in [-0.05, 0) is 18.8 Å². The van der Waals surface area contributed by atoms with Gasteiger partial charge in [-0.2, -0.15) is 26.3 Å². The summed E-state index contributed by atoms with van der Waals surface area (Å²) in [5.41, 5.74) is 1.39. The monoisotopic (exact) mass is 518 g/mol. The number of carboxylic acid groups (broad SMARTS) is 2. The minimum Gasteiger partial charge on any atom is -0.475 e. The van der Waals surface area contributed by atoms with Gasteiger partial charge in [-0.3, -0.25) is 4.90 Å². The number of carboxylic acids is 2. The number of aromatic nitrogens is 2. The van der Waals surface area contributed by atoms with Crippen LogP contribution in [-0.2, 0) is 33.8 Å². The number of rotatable bonds is 4. The third-order valence-corrected chi connectivity index (χ3v) is 5.50. The van der Waals surface area contributed by atoms with Crippen molar-refractivity contribution in [1.82, 2.24) is 19.4 Å². The molecule has 15 heteroatoms. The van der Waals surface area contributed by atoms with Crippen molar-refractivity contribution in [3.63, 3.8) is 0 Å². The maximum Gasteiger partial charge on any atom is 0.490 e. The van der Waals surface area contributed by atoms with Gasteiger partial charge in [-0.1, -0.05) is 0 Å². The highest BCUT2D eigenvalue weighted by atomic mass is 19.4. The van der Waals surface area contributed by atoms with Crippen molar-refractivity contribution < 1.29 is 50.9 Å². The molecule has 0 unspecified atom stereocenters. The van der Waals surface area contributed by atoms with Gasteiger partial charge in [0.25, 0.3) is 0 Å². The van der Waals surface area contributed by atoms with Crippen LogP contribution in [0.5, 0.6) is 0 Å². The highest BCUT2D eigenvalue weighted by Gasteiger charge is 2.38. The van der Waals surface area contributed by atoms with Gasteiger partial charge in [0.05, 0.1) is 18.9 Å². The Labute approximate surface area is 197 Å². The first-order chi connectivity index (χ1) is 16.3.